The van der Waals surface area contributed by atoms with Crippen LogP contribution in [0.3, 0.4) is 0 Å². The predicted molar refractivity (Wildman–Crippen MR) is 144 cm³/mol. The zero-order valence-electron chi connectivity index (χ0n) is 22.5. The molecular formula is C26H32N8O6. The van der Waals surface area contributed by atoms with Gasteiger partial charge in [-0.1, -0.05) is 24.6 Å². The Morgan fingerprint density at radius 2 is 1.98 bits per heavy atom. The van der Waals surface area contributed by atoms with Gasteiger partial charge in [0.05, 0.1) is 30.7 Å². The first-order valence-electron chi connectivity index (χ1n) is 12.9. The fraction of sp³-hybridized carbons (Fsp3) is 0.423. The van der Waals surface area contributed by atoms with Crippen molar-refractivity contribution in [3.8, 4) is 17.1 Å². The van der Waals surface area contributed by atoms with E-state index >= 15 is 0 Å². The number of ether oxygens (including phenoxy) is 2. The van der Waals surface area contributed by atoms with Crippen LogP contribution in [0.15, 0.2) is 28.8 Å². The van der Waals surface area contributed by atoms with Crippen LogP contribution in [0.5, 0.6) is 5.75 Å². The number of methoxy groups -OCH3 is 2. The third-order valence-corrected chi connectivity index (χ3v) is 6.20. The van der Waals surface area contributed by atoms with Gasteiger partial charge >= 0.3 is 0 Å². The molecule has 14 nitrogen and oxygen atoms in total. The van der Waals surface area contributed by atoms with Crippen LogP contribution in [0.2, 0.25) is 0 Å². The van der Waals surface area contributed by atoms with Crippen molar-refractivity contribution in [1.82, 2.24) is 25.7 Å². The van der Waals surface area contributed by atoms with Gasteiger partial charge < -0.3 is 35.7 Å². The predicted octanol–water partition coefficient (Wildman–Crippen LogP) is 2.37. The van der Waals surface area contributed by atoms with E-state index in [0.717, 1.165) is 19.3 Å². The Morgan fingerprint density at radius 3 is 2.65 bits per heavy atom. The van der Waals surface area contributed by atoms with Crippen molar-refractivity contribution in [2.24, 2.45) is 11.7 Å². The highest BCUT2D eigenvalue weighted by atomic mass is 16.5. The van der Waals surface area contributed by atoms with E-state index in [-0.39, 0.29) is 46.6 Å². The Labute approximate surface area is 230 Å². The van der Waals surface area contributed by atoms with Gasteiger partial charge in [0.15, 0.2) is 17.3 Å². The number of rotatable bonds is 14. The summed E-state index contributed by atoms with van der Waals surface area (Å²) in [5.74, 6) is -0.966. The number of nitrogens with two attached hydrogens (primary N) is 1. The number of hydrogen-bond acceptors (Lipinski definition) is 11. The Morgan fingerprint density at radius 1 is 1.18 bits per heavy atom. The lowest BCUT2D eigenvalue weighted by Crippen LogP contribution is -2.32. The van der Waals surface area contributed by atoms with E-state index in [2.05, 4.69) is 36.3 Å². The van der Waals surface area contributed by atoms with Gasteiger partial charge in [0, 0.05) is 25.6 Å². The van der Waals surface area contributed by atoms with Gasteiger partial charge in [-0.15, -0.1) is 10.2 Å². The minimum atomic E-state index is -0.807. The molecule has 1 unspecified atom stereocenters. The molecule has 1 atom stereocenters. The quantitative estimate of drug-likeness (QED) is 0.214. The van der Waals surface area contributed by atoms with Gasteiger partial charge in [0.2, 0.25) is 23.5 Å². The molecule has 2 heterocycles. The number of para-hydroxylation sites is 1. The van der Waals surface area contributed by atoms with Crippen molar-refractivity contribution in [1.29, 1.82) is 0 Å². The molecular weight excluding hydrogens is 520 g/mol. The second-order valence-corrected chi connectivity index (χ2v) is 9.21. The fourth-order valence-electron chi connectivity index (χ4n) is 4.02. The number of nitrogens with one attached hydrogen (secondary N) is 3. The first kappa shape index (κ1) is 28.4. The van der Waals surface area contributed by atoms with Crippen molar-refractivity contribution in [3.63, 3.8) is 0 Å². The zero-order valence-corrected chi connectivity index (χ0v) is 22.5. The number of amides is 3. The monoisotopic (exact) mass is 552 g/mol. The summed E-state index contributed by atoms with van der Waals surface area (Å²) < 4.78 is 16.2. The van der Waals surface area contributed by atoms with Crippen LogP contribution < -0.4 is 26.4 Å². The van der Waals surface area contributed by atoms with Crippen LogP contribution in [0.1, 0.15) is 54.9 Å². The summed E-state index contributed by atoms with van der Waals surface area (Å²) in [5, 5.41) is 20.5. The summed E-state index contributed by atoms with van der Waals surface area (Å²) in [6, 6.07) is 6.64. The van der Waals surface area contributed by atoms with Crippen LogP contribution in [0, 0.1) is 5.92 Å². The second kappa shape index (κ2) is 13.0. The lowest BCUT2D eigenvalue weighted by Gasteiger charge is -2.15. The summed E-state index contributed by atoms with van der Waals surface area (Å²) in [6.07, 6.45) is 2.89. The number of benzene rings is 1. The normalized spacial score (nSPS) is 13.4. The van der Waals surface area contributed by atoms with Crippen molar-refractivity contribution in [2.45, 2.75) is 38.5 Å². The molecule has 0 spiro atoms. The summed E-state index contributed by atoms with van der Waals surface area (Å²) in [6.45, 7) is 2.71. The van der Waals surface area contributed by atoms with E-state index in [0.29, 0.717) is 36.6 Å². The third-order valence-electron chi connectivity index (χ3n) is 6.20. The summed E-state index contributed by atoms with van der Waals surface area (Å²) in [7, 11) is 3.03. The van der Waals surface area contributed by atoms with E-state index < -0.39 is 11.8 Å². The molecule has 0 aliphatic heterocycles. The topological polar surface area (TPSA) is 196 Å². The number of nitrogens with zero attached hydrogens (tertiary/aromatic N) is 4. The number of hydrogen-bond donors (Lipinski definition) is 4. The average molecular weight is 553 g/mol. The fourth-order valence-corrected chi connectivity index (χ4v) is 4.02. The molecule has 3 amide bonds. The van der Waals surface area contributed by atoms with Gasteiger partial charge in [0.1, 0.15) is 5.92 Å². The summed E-state index contributed by atoms with van der Waals surface area (Å²) in [4.78, 5) is 41.5. The number of primary amides is 1. The van der Waals surface area contributed by atoms with E-state index in [1.54, 1.807) is 25.3 Å². The van der Waals surface area contributed by atoms with Crippen LogP contribution in [-0.2, 0) is 14.3 Å². The molecule has 0 bridgehead atoms. The smallest absolute Gasteiger partial charge is 0.271 e. The Balaban J connectivity index is 1.62. The molecule has 40 heavy (non-hydrogen) atoms. The van der Waals surface area contributed by atoms with Gasteiger partial charge in [-0.3, -0.25) is 14.4 Å². The molecule has 212 valence electrons. The van der Waals surface area contributed by atoms with E-state index in [1.807, 2.05) is 6.92 Å². The minimum absolute atomic E-state index is 0.0426. The van der Waals surface area contributed by atoms with E-state index in [4.69, 9.17) is 19.7 Å². The van der Waals surface area contributed by atoms with E-state index in [9.17, 15) is 14.4 Å². The minimum Gasteiger partial charge on any atom is -0.494 e. The number of anilines is 3. The molecule has 0 saturated heterocycles. The Kier molecular flexibility index (Phi) is 9.22. The Hall–Kier alpha value is -4.59. The molecule has 1 fully saturated rings. The number of carbonyl (C=O) groups is 3. The van der Waals surface area contributed by atoms with Gasteiger partial charge in [-0.2, -0.15) is 4.98 Å². The maximum atomic E-state index is 12.8. The summed E-state index contributed by atoms with van der Waals surface area (Å²) >= 11 is 0. The van der Waals surface area contributed by atoms with Crippen molar-refractivity contribution in [3.05, 3.63) is 35.9 Å². The third kappa shape index (κ3) is 6.69. The maximum Gasteiger partial charge on any atom is 0.271 e. The number of carbonyl (C=O) groups excluding carboxylic acids is 3. The maximum absolute atomic E-state index is 12.8. The molecule has 1 saturated carbocycles. The summed E-state index contributed by atoms with van der Waals surface area (Å²) in [5.41, 5.74) is 6.52. The first-order chi connectivity index (χ1) is 19.4. The molecule has 0 radical (unpaired) electrons. The lowest BCUT2D eigenvalue weighted by atomic mass is 10.0. The highest BCUT2D eigenvalue weighted by molar-refractivity contribution is 5.99. The van der Waals surface area contributed by atoms with Gasteiger partial charge in [0.25, 0.3) is 5.91 Å². The SMILES string of the molecule is CCCC(C(=O)NCCOC)c1nc(-c2cccc(Nc3cc(NC(=O)C4CC4)nnc3C(N)=O)c2OC)no1. The van der Waals surface area contributed by atoms with Crippen LogP contribution in [0.4, 0.5) is 17.2 Å². The van der Waals surface area contributed by atoms with Crippen molar-refractivity contribution < 1.29 is 28.4 Å². The van der Waals surface area contributed by atoms with Crippen LogP contribution in [-0.4, -0.2) is 65.4 Å². The van der Waals surface area contributed by atoms with Crippen molar-refractivity contribution in [2.75, 3.05) is 38.0 Å². The molecule has 4 rings (SSSR count). The number of aromatic nitrogens is 4. The largest absolute Gasteiger partial charge is 0.494 e. The molecule has 1 aromatic carbocycles. The standard InChI is InChI=1S/C26H32N8O6/c1-4-6-16(25(37)28-11-12-38-2)26-31-23(34-40-26)15-7-5-8-17(21(15)39-3)29-18-13-19(30-24(36)14-9-10-14)32-33-20(18)22(27)35/h5,7-8,13-14,16H,4,6,9-12H2,1-3H3,(H2,27,35)(H,28,37)(H2,29,30,32,36). The highest BCUT2D eigenvalue weighted by Gasteiger charge is 2.30. The molecule has 1 aliphatic carbocycles. The lowest BCUT2D eigenvalue weighted by molar-refractivity contribution is -0.123. The van der Waals surface area contributed by atoms with Crippen LogP contribution >= 0.6 is 0 Å². The second-order valence-electron chi connectivity index (χ2n) is 9.21. The molecule has 1 aliphatic rings. The molecule has 5 N–H and O–H groups in total. The molecule has 2 aromatic heterocycles. The van der Waals surface area contributed by atoms with Crippen LogP contribution in [0.25, 0.3) is 11.4 Å². The zero-order chi connectivity index (χ0) is 28.6. The highest BCUT2D eigenvalue weighted by Crippen LogP contribution is 2.38. The molecule has 14 heteroatoms. The van der Waals surface area contributed by atoms with Gasteiger partial charge in [-0.25, -0.2) is 0 Å². The molecule has 3 aromatic rings. The van der Waals surface area contributed by atoms with Crippen molar-refractivity contribution >= 4 is 34.9 Å². The first-order valence-corrected chi connectivity index (χ1v) is 12.9. The van der Waals surface area contributed by atoms with Gasteiger partial charge in [-0.05, 0) is 31.4 Å². The Bertz CT molecular complexity index is 1370. The average Bonchev–Trinajstić information content (AvgIpc) is 3.69. The van der Waals surface area contributed by atoms with E-state index in [1.165, 1.54) is 13.2 Å².